The van der Waals surface area contributed by atoms with Crippen LogP contribution in [0, 0.1) is 0 Å². The Hall–Kier alpha value is -2.97. The minimum Gasteiger partial charge on any atom is -0.332 e. The lowest BCUT2D eigenvalue weighted by molar-refractivity contribution is 1.03. The molecule has 9 heteroatoms. The van der Waals surface area contributed by atoms with Crippen LogP contribution in [0.3, 0.4) is 0 Å². The Bertz CT molecular complexity index is 899. The summed E-state index contributed by atoms with van der Waals surface area (Å²) < 4.78 is 0. The van der Waals surface area contributed by atoms with Gasteiger partial charge in [0.25, 0.3) is 11.1 Å². The maximum atomic E-state index is 11.6. The van der Waals surface area contributed by atoms with Crippen molar-refractivity contribution in [3.05, 3.63) is 43.7 Å². The molecule has 18 heavy (non-hydrogen) atoms. The van der Waals surface area contributed by atoms with Crippen molar-refractivity contribution in [3.8, 4) is 11.4 Å². The van der Waals surface area contributed by atoms with Gasteiger partial charge in [-0.1, -0.05) is 0 Å². The van der Waals surface area contributed by atoms with E-state index in [2.05, 4.69) is 29.9 Å². The number of nitrogens with zero attached hydrogens (tertiary/aromatic N) is 2. The molecule has 4 N–H and O–H groups in total. The molecule has 3 rings (SSSR count). The van der Waals surface area contributed by atoms with E-state index in [1.54, 1.807) is 0 Å². The molecule has 0 amide bonds. The van der Waals surface area contributed by atoms with Crippen LogP contribution in [0.5, 0.6) is 0 Å². The Morgan fingerprint density at radius 3 is 2.56 bits per heavy atom. The second-order valence-corrected chi connectivity index (χ2v) is 3.50. The topological polar surface area (TPSA) is 140 Å². The van der Waals surface area contributed by atoms with Gasteiger partial charge in [-0.05, 0) is 0 Å². The Morgan fingerprint density at radius 2 is 1.83 bits per heavy atom. The van der Waals surface area contributed by atoms with Crippen LogP contribution in [-0.4, -0.2) is 29.9 Å². The van der Waals surface area contributed by atoms with Crippen LogP contribution in [0.15, 0.2) is 26.9 Å². The molecule has 0 radical (unpaired) electrons. The molecule has 0 spiro atoms. The summed E-state index contributed by atoms with van der Waals surface area (Å²) in [6.45, 7) is 0. The predicted molar refractivity (Wildman–Crippen MR) is 61.2 cm³/mol. The maximum Gasteiger partial charge on any atom is 0.325 e. The molecular formula is C9H6N6O3. The number of imidazole rings is 1. The van der Waals surface area contributed by atoms with E-state index < -0.39 is 11.2 Å². The predicted octanol–water partition coefficient (Wildman–Crippen LogP) is -1.31. The molecule has 3 heterocycles. The van der Waals surface area contributed by atoms with Crippen molar-refractivity contribution in [1.29, 1.82) is 0 Å². The molecule has 3 aromatic heterocycles. The highest BCUT2D eigenvalue weighted by molar-refractivity contribution is 5.74. The Balaban J connectivity index is 2.32. The SMILES string of the molecule is O=c1[nH]cc(-c2nc3nc[nH]c(=O)c3[nH]2)c(=O)[nH]1. The molecule has 0 aliphatic rings. The molecule has 0 bridgehead atoms. The zero-order valence-corrected chi connectivity index (χ0v) is 8.77. The first-order chi connectivity index (χ1) is 8.65. The van der Waals surface area contributed by atoms with Crippen molar-refractivity contribution in [3.63, 3.8) is 0 Å². The zero-order valence-electron chi connectivity index (χ0n) is 8.77. The summed E-state index contributed by atoms with van der Waals surface area (Å²) in [5.74, 6) is 0.159. The standard InChI is InChI=1S/C9H6N6O3/c16-7-3(1-10-9(18)15-7)5-13-4-6(14-5)11-2-12-8(4)17/h1-2H,(H2,10,15,16,18)(H2,11,12,13,14,17). The van der Waals surface area contributed by atoms with Gasteiger partial charge in [0.1, 0.15) is 5.82 Å². The minimum absolute atomic E-state index is 0.118. The first-order valence-corrected chi connectivity index (χ1v) is 4.91. The fourth-order valence-electron chi connectivity index (χ4n) is 1.55. The van der Waals surface area contributed by atoms with E-state index in [-0.39, 0.29) is 28.1 Å². The molecule has 0 atom stereocenters. The number of H-pyrrole nitrogens is 4. The average Bonchev–Trinajstić information content (AvgIpc) is 2.74. The van der Waals surface area contributed by atoms with Gasteiger partial charge in [0.2, 0.25) is 0 Å². The smallest absolute Gasteiger partial charge is 0.325 e. The van der Waals surface area contributed by atoms with Crippen molar-refractivity contribution >= 4 is 11.2 Å². The van der Waals surface area contributed by atoms with Gasteiger partial charge in [0.05, 0.1) is 11.9 Å². The quantitative estimate of drug-likeness (QED) is 0.422. The highest BCUT2D eigenvalue weighted by Gasteiger charge is 2.11. The van der Waals surface area contributed by atoms with Gasteiger partial charge in [-0.2, -0.15) is 0 Å². The molecule has 0 fully saturated rings. The Labute approximate surface area is 97.0 Å². The first kappa shape index (κ1) is 10.2. The van der Waals surface area contributed by atoms with Gasteiger partial charge >= 0.3 is 5.69 Å². The van der Waals surface area contributed by atoms with Crippen LogP contribution in [0.25, 0.3) is 22.6 Å². The third-order valence-electron chi connectivity index (χ3n) is 2.37. The first-order valence-electron chi connectivity index (χ1n) is 4.91. The third-order valence-corrected chi connectivity index (χ3v) is 2.37. The fraction of sp³-hybridized carbons (Fsp3) is 0. The lowest BCUT2D eigenvalue weighted by atomic mass is 10.3. The van der Waals surface area contributed by atoms with Crippen LogP contribution >= 0.6 is 0 Å². The number of aromatic amines is 4. The lowest BCUT2D eigenvalue weighted by Gasteiger charge is -1.92. The lowest BCUT2D eigenvalue weighted by Crippen LogP contribution is -2.22. The average molecular weight is 246 g/mol. The van der Waals surface area contributed by atoms with E-state index in [1.165, 1.54) is 12.5 Å². The molecule has 90 valence electrons. The van der Waals surface area contributed by atoms with Gasteiger partial charge in [-0.25, -0.2) is 14.8 Å². The van der Waals surface area contributed by atoms with E-state index in [4.69, 9.17) is 0 Å². The third kappa shape index (κ3) is 1.45. The molecule has 9 nitrogen and oxygen atoms in total. The van der Waals surface area contributed by atoms with Crippen LogP contribution in [0.2, 0.25) is 0 Å². The normalized spacial score (nSPS) is 10.9. The van der Waals surface area contributed by atoms with E-state index >= 15 is 0 Å². The fourth-order valence-corrected chi connectivity index (χ4v) is 1.55. The summed E-state index contributed by atoms with van der Waals surface area (Å²) in [5, 5.41) is 0. The molecule has 0 aliphatic carbocycles. The maximum absolute atomic E-state index is 11.6. The van der Waals surface area contributed by atoms with Gasteiger partial charge < -0.3 is 15.0 Å². The molecule has 3 aromatic rings. The zero-order chi connectivity index (χ0) is 12.7. The largest absolute Gasteiger partial charge is 0.332 e. The molecule has 0 aromatic carbocycles. The van der Waals surface area contributed by atoms with Gasteiger partial charge in [-0.15, -0.1) is 0 Å². The van der Waals surface area contributed by atoms with Crippen molar-refractivity contribution < 1.29 is 0 Å². The Kier molecular flexibility index (Phi) is 1.99. The van der Waals surface area contributed by atoms with Crippen molar-refractivity contribution in [2.24, 2.45) is 0 Å². The molecule has 0 saturated carbocycles. The van der Waals surface area contributed by atoms with Crippen LogP contribution in [-0.2, 0) is 0 Å². The Morgan fingerprint density at radius 1 is 1.00 bits per heavy atom. The second kappa shape index (κ2) is 3.52. The molecular weight excluding hydrogens is 240 g/mol. The summed E-state index contributed by atoms with van der Waals surface area (Å²) in [4.78, 5) is 51.2. The van der Waals surface area contributed by atoms with Crippen molar-refractivity contribution in [1.82, 2.24) is 29.9 Å². The van der Waals surface area contributed by atoms with Crippen molar-refractivity contribution in [2.75, 3.05) is 0 Å². The van der Waals surface area contributed by atoms with Crippen LogP contribution in [0.4, 0.5) is 0 Å². The van der Waals surface area contributed by atoms with E-state index in [1.807, 2.05) is 0 Å². The molecule has 0 saturated heterocycles. The van der Waals surface area contributed by atoms with Gasteiger partial charge in [0, 0.05) is 6.20 Å². The van der Waals surface area contributed by atoms with Gasteiger partial charge in [-0.3, -0.25) is 14.6 Å². The van der Waals surface area contributed by atoms with Gasteiger partial charge in [0.15, 0.2) is 11.2 Å². The number of rotatable bonds is 1. The number of fused-ring (bicyclic) bond motifs is 1. The highest BCUT2D eigenvalue weighted by atomic mass is 16.2. The minimum atomic E-state index is -0.615. The molecule has 0 unspecified atom stereocenters. The summed E-state index contributed by atoms with van der Waals surface area (Å²) in [6, 6.07) is 0. The highest BCUT2D eigenvalue weighted by Crippen LogP contribution is 2.11. The van der Waals surface area contributed by atoms with Crippen LogP contribution in [0.1, 0.15) is 0 Å². The number of aromatic nitrogens is 6. The van der Waals surface area contributed by atoms with Crippen molar-refractivity contribution in [2.45, 2.75) is 0 Å². The summed E-state index contributed by atoms with van der Waals surface area (Å²) in [7, 11) is 0. The van der Waals surface area contributed by atoms with Crippen LogP contribution < -0.4 is 16.8 Å². The van der Waals surface area contributed by atoms with E-state index in [0.29, 0.717) is 0 Å². The number of hydrogen-bond donors (Lipinski definition) is 4. The molecule has 0 aliphatic heterocycles. The summed E-state index contributed by atoms with van der Waals surface area (Å²) in [5.41, 5.74) is -1.13. The monoisotopic (exact) mass is 246 g/mol. The number of hydrogen-bond acceptors (Lipinski definition) is 5. The number of nitrogens with one attached hydrogen (secondary N) is 4. The second-order valence-electron chi connectivity index (χ2n) is 3.50. The van der Waals surface area contributed by atoms with E-state index in [0.717, 1.165) is 0 Å². The summed E-state index contributed by atoms with van der Waals surface area (Å²) in [6.07, 6.45) is 2.43. The summed E-state index contributed by atoms with van der Waals surface area (Å²) >= 11 is 0. The van der Waals surface area contributed by atoms with E-state index in [9.17, 15) is 14.4 Å².